The molecule has 0 radical (unpaired) electrons. The van der Waals surface area contributed by atoms with Crippen LogP contribution in [0.25, 0.3) is 0 Å². The lowest BCUT2D eigenvalue weighted by Crippen LogP contribution is -2.60. The van der Waals surface area contributed by atoms with Crippen molar-refractivity contribution >= 4 is 11.8 Å². The molecule has 2 aliphatic carbocycles. The second-order valence-corrected chi connectivity index (χ2v) is 7.26. The molecule has 1 heterocycles. The Labute approximate surface area is 136 Å². The lowest BCUT2D eigenvalue weighted by Gasteiger charge is -2.56. The van der Waals surface area contributed by atoms with Gasteiger partial charge in [-0.2, -0.15) is 0 Å². The molecule has 1 aliphatic heterocycles. The van der Waals surface area contributed by atoms with Crippen molar-refractivity contribution in [2.45, 2.75) is 57.1 Å². The van der Waals surface area contributed by atoms with Crippen molar-refractivity contribution in [1.29, 1.82) is 0 Å². The Morgan fingerprint density at radius 3 is 3.13 bits per heavy atom. The monoisotopic (exact) mass is 313 g/mol. The summed E-state index contributed by atoms with van der Waals surface area (Å²) in [6.07, 6.45) is 4.37. The van der Waals surface area contributed by atoms with Crippen molar-refractivity contribution in [2.75, 3.05) is 6.54 Å². The number of ketones is 1. The number of esters is 1. The van der Waals surface area contributed by atoms with E-state index in [2.05, 4.69) is 23.5 Å². The van der Waals surface area contributed by atoms with Crippen molar-refractivity contribution in [3.05, 3.63) is 34.9 Å². The third-order valence-electron chi connectivity index (χ3n) is 6.03. The lowest BCUT2D eigenvalue weighted by atomic mass is 9.52. The predicted octanol–water partition coefficient (Wildman–Crippen LogP) is 2.27. The van der Waals surface area contributed by atoms with Crippen molar-refractivity contribution in [3.8, 4) is 0 Å². The highest BCUT2D eigenvalue weighted by Gasteiger charge is 2.54. The fourth-order valence-electron chi connectivity index (χ4n) is 5.26. The van der Waals surface area contributed by atoms with E-state index in [0.717, 1.165) is 31.4 Å². The minimum atomic E-state index is -0.254. The first-order valence-electron chi connectivity index (χ1n) is 8.60. The lowest BCUT2D eigenvalue weighted by molar-refractivity contribution is -0.142. The number of ether oxygens (including phenoxy) is 1. The maximum atomic E-state index is 12.3. The average molecular weight is 313 g/mol. The molecule has 0 amide bonds. The summed E-state index contributed by atoms with van der Waals surface area (Å²) in [6, 6.07) is 6.78. The van der Waals surface area contributed by atoms with Gasteiger partial charge in [-0.3, -0.25) is 9.59 Å². The van der Waals surface area contributed by atoms with Crippen molar-refractivity contribution in [3.63, 3.8) is 0 Å². The van der Waals surface area contributed by atoms with E-state index in [0.29, 0.717) is 37.2 Å². The van der Waals surface area contributed by atoms with Gasteiger partial charge >= 0.3 is 5.97 Å². The van der Waals surface area contributed by atoms with Gasteiger partial charge in [0.15, 0.2) is 0 Å². The second-order valence-electron chi connectivity index (χ2n) is 7.26. The Bertz CT molecular complexity index is 669. The van der Waals surface area contributed by atoms with E-state index in [1.807, 2.05) is 0 Å². The van der Waals surface area contributed by atoms with Crippen LogP contribution in [0.2, 0.25) is 0 Å². The van der Waals surface area contributed by atoms with Crippen LogP contribution in [-0.4, -0.2) is 24.3 Å². The largest absolute Gasteiger partial charge is 0.461 e. The molecule has 1 saturated heterocycles. The molecule has 3 aliphatic rings. The molecule has 2 fully saturated rings. The van der Waals surface area contributed by atoms with Crippen LogP contribution >= 0.6 is 0 Å². The summed E-state index contributed by atoms with van der Waals surface area (Å²) >= 11 is 0. The Hall–Kier alpha value is -1.68. The van der Waals surface area contributed by atoms with Crippen LogP contribution in [0, 0.1) is 5.92 Å². The number of hydrogen-bond donors (Lipinski definition) is 1. The molecule has 4 rings (SSSR count). The Morgan fingerprint density at radius 2 is 2.30 bits per heavy atom. The van der Waals surface area contributed by atoms with Gasteiger partial charge in [-0.15, -0.1) is 0 Å². The fourth-order valence-corrected chi connectivity index (χ4v) is 5.26. The summed E-state index contributed by atoms with van der Waals surface area (Å²) in [4.78, 5) is 23.5. The normalized spacial score (nSPS) is 32.0. The molecule has 4 heteroatoms. The number of hydrogen-bond acceptors (Lipinski definition) is 4. The van der Waals surface area contributed by atoms with Gasteiger partial charge in [-0.25, -0.2) is 0 Å². The number of nitrogens with one attached hydrogen (secondary N) is 1. The minimum Gasteiger partial charge on any atom is -0.461 e. The maximum absolute atomic E-state index is 12.3. The van der Waals surface area contributed by atoms with E-state index in [1.54, 1.807) is 0 Å². The number of piperidine rings is 1. The Balaban J connectivity index is 1.83. The third-order valence-corrected chi connectivity index (χ3v) is 6.03. The average Bonchev–Trinajstić information content (AvgIpc) is 2.51. The molecule has 0 unspecified atom stereocenters. The van der Waals surface area contributed by atoms with E-state index >= 15 is 0 Å². The molecule has 23 heavy (non-hydrogen) atoms. The van der Waals surface area contributed by atoms with Crippen molar-refractivity contribution in [1.82, 2.24) is 5.32 Å². The second kappa shape index (κ2) is 5.45. The first-order chi connectivity index (χ1) is 11.1. The van der Waals surface area contributed by atoms with Crippen LogP contribution in [0.3, 0.4) is 0 Å². The highest BCUT2D eigenvalue weighted by Crippen LogP contribution is 2.54. The van der Waals surface area contributed by atoms with Gasteiger partial charge in [0.25, 0.3) is 0 Å². The summed E-state index contributed by atoms with van der Waals surface area (Å²) < 4.78 is 5.30. The van der Waals surface area contributed by atoms with E-state index in [-0.39, 0.29) is 11.4 Å². The molecular weight excluding hydrogens is 290 g/mol. The van der Waals surface area contributed by atoms with Gasteiger partial charge in [0, 0.05) is 31.2 Å². The van der Waals surface area contributed by atoms with Crippen molar-refractivity contribution in [2.24, 2.45) is 5.92 Å². The minimum absolute atomic E-state index is 0.0461. The van der Waals surface area contributed by atoms with E-state index in [4.69, 9.17) is 4.74 Å². The summed E-state index contributed by atoms with van der Waals surface area (Å²) in [6.45, 7) is 2.73. The number of carbonyl (C=O) groups is 2. The third kappa shape index (κ3) is 2.31. The summed E-state index contributed by atoms with van der Waals surface area (Å²) in [7, 11) is 0. The number of Topliss-reactive ketones (excluding diaryl/α,β-unsaturated/α-hetero) is 1. The molecule has 2 bridgehead atoms. The smallest absolute Gasteiger partial charge is 0.302 e. The van der Waals surface area contributed by atoms with Crippen LogP contribution in [-0.2, 0) is 32.8 Å². The molecule has 1 N–H and O–H groups in total. The first-order valence-corrected chi connectivity index (χ1v) is 8.60. The molecule has 3 atom stereocenters. The van der Waals surface area contributed by atoms with Gasteiger partial charge in [0.1, 0.15) is 12.4 Å². The number of carbonyl (C=O) groups excluding carboxylic acids is 2. The zero-order valence-corrected chi connectivity index (χ0v) is 13.6. The van der Waals surface area contributed by atoms with E-state index < -0.39 is 0 Å². The van der Waals surface area contributed by atoms with Gasteiger partial charge in [0.2, 0.25) is 0 Å². The standard InChI is InChI=1S/C19H23NO3/c1-12(21)23-11-14-4-2-3-13-9-17-16-6-5-15(22)10-19(16,18(13)14)7-8-20-17/h2-4,16-17,20H,5-11H2,1H3/t16-,17+,19-/m0/s1. The summed E-state index contributed by atoms with van der Waals surface area (Å²) in [5.74, 6) is 0.660. The van der Waals surface area contributed by atoms with Gasteiger partial charge in [0.05, 0.1) is 0 Å². The van der Waals surface area contributed by atoms with Crippen LogP contribution < -0.4 is 5.32 Å². The highest BCUT2D eigenvalue weighted by molar-refractivity contribution is 5.82. The molecule has 0 spiro atoms. The van der Waals surface area contributed by atoms with Crippen molar-refractivity contribution < 1.29 is 14.3 Å². The van der Waals surface area contributed by atoms with Gasteiger partial charge < -0.3 is 10.1 Å². The van der Waals surface area contributed by atoms with Crippen LogP contribution in [0.1, 0.15) is 49.3 Å². The zero-order valence-electron chi connectivity index (χ0n) is 13.6. The maximum Gasteiger partial charge on any atom is 0.302 e. The van der Waals surface area contributed by atoms with Gasteiger partial charge in [-0.1, -0.05) is 18.2 Å². The summed E-state index contributed by atoms with van der Waals surface area (Å²) in [5, 5.41) is 3.67. The van der Waals surface area contributed by atoms with E-state index in [9.17, 15) is 9.59 Å². The van der Waals surface area contributed by atoms with Gasteiger partial charge in [-0.05, 0) is 48.4 Å². The van der Waals surface area contributed by atoms with E-state index in [1.165, 1.54) is 18.1 Å². The molecule has 1 aromatic rings. The molecular formula is C19H23NO3. The first kappa shape index (κ1) is 14.9. The molecule has 0 aromatic heterocycles. The SMILES string of the molecule is CC(=O)OCc1cccc2c1[C@]13CCN[C@H](C2)[C@@H]1CCC(=O)C3. The number of benzene rings is 1. The molecule has 1 saturated carbocycles. The fraction of sp³-hybridized carbons (Fsp3) is 0.579. The van der Waals surface area contributed by atoms with Crippen LogP contribution in [0.5, 0.6) is 0 Å². The number of rotatable bonds is 2. The summed E-state index contributed by atoms with van der Waals surface area (Å²) in [5.41, 5.74) is 3.70. The Kier molecular flexibility index (Phi) is 3.52. The van der Waals surface area contributed by atoms with Crippen LogP contribution in [0.15, 0.2) is 18.2 Å². The molecule has 1 aromatic carbocycles. The topological polar surface area (TPSA) is 55.4 Å². The Morgan fingerprint density at radius 1 is 1.43 bits per heavy atom. The number of fused-ring (bicyclic) bond motifs is 1. The molecule has 122 valence electrons. The highest BCUT2D eigenvalue weighted by atomic mass is 16.5. The predicted molar refractivity (Wildman–Crippen MR) is 86.0 cm³/mol. The molecule has 4 nitrogen and oxygen atoms in total. The zero-order chi connectivity index (χ0) is 16.0. The van der Waals surface area contributed by atoms with Crippen LogP contribution in [0.4, 0.5) is 0 Å². The quantitative estimate of drug-likeness (QED) is 0.851.